The predicted octanol–water partition coefficient (Wildman–Crippen LogP) is 5.91. The Balaban J connectivity index is 2.17. The normalized spacial score (nSPS) is 12.8. The predicted molar refractivity (Wildman–Crippen MR) is 81.1 cm³/mol. The van der Waals surface area contributed by atoms with Crippen LogP contribution in [0.1, 0.15) is 57.4 Å². The fourth-order valence-corrected chi connectivity index (χ4v) is 2.71. The maximum absolute atomic E-state index is 2.38. The molecule has 0 N–H and O–H groups in total. The first kappa shape index (κ1) is 13.1. The van der Waals surface area contributed by atoms with Gasteiger partial charge in [0.15, 0.2) is 0 Å². The molecule has 0 heterocycles. The van der Waals surface area contributed by atoms with Crippen LogP contribution in [0.2, 0.25) is 0 Å². The highest BCUT2D eigenvalue weighted by Gasteiger charge is 2.09. The Bertz CT molecular complexity index is 484. The van der Waals surface area contributed by atoms with E-state index >= 15 is 0 Å². The van der Waals surface area contributed by atoms with E-state index in [2.05, 4.69) is 56.3 Å². The molecule has 2 aromatic carbocycles. The monoisotopic (exact) mass is 240 g/mol. The molecule has 0 aliphatic rings. The van der Waals surface area contributed by atoms with Gasteiger partial charge >= 0.3 is 0 Å². The second-order valence-electron chi connectivity index (χ2n) is 5.21. The number of unbranched alkanes of at least 4 members (excludes halogenated alkanes) is 2. The van der Waals surface area contributed by atoms with Gasteiger partial charge in [0.2, 0.25) is 0 Å². The van der Waals surface area contributed by atoms with Gasteiger partial charge in [-0.25, -0.2) is 0 Å². The van der Waals surface area contributed by atoms with E-state index in [-0.39, 0.29) is 0 Å². The van der Waals surface area contributed by atoms with Crippen molar-refractivity contribution in [3.8, 4) is 0 Å². The maximum Gasteiger partial charge on any atom is -0.0164 e. The summed E-state index contributed by atoms with van der Waals surface area (Å²) >= 11 is 0. The van der Waals surface area contributed by atoms with Gasteiger partial charge in [-0.1, -0.05) is 75.6 Å². The van der Waals surface area contributed by atoms with Crippen LogP contribution in [-0.4, -0.2) is 0 Å². The van der Waals surface area contributed by atoms with Crippen molar-refractivity contribution in [1.82, 2.24) is 0 Å². The van der Waals surface area contributed by atoms with Gasteiger partial charge in [0, 0.05) is 0 Å². The molecular weight excluding hydrogens is 216 g/mol. The first-order chi connectivity index (χ1) is 8.85. The van der Waals surface area contributed by atoms with Gasteiger partial charge in [-0.15, -0.1) is 0 Å². The van der Waals surface area contributed by atoms with Crippen LogP contribution in [0, 0.1) is 0 Å². The van der Waals surface area contributed by atoms with E-state index in [9.17, 15) is 0 Å². The highest BCUT2D eigenvalue weighted by molar-refractivity contribution is 5.83. The Hall–Kier alpha value is -1.30. The van der Waals surface area contributed by atoms with Crippen LogP contribution in [-0.2, 0) is 0 Å². The van der Waals surface area contributed by atoms with Crippen molar-refractivity contribution in [2.75, 3.05) is 0 Å². The van der Waals surface area contributed by atoms with Gasteiger partial charge in [-0.3, -0.25) is 0 Å². The summed E-state index contributed by atoms with van der Waals surface area (Å²) in [4.78, 5) is 0. The highest BCUT2D eigenvalue weighted by atomic mass is 14.1. The number of fused-ring (bicyclic) bond motifs is 1. The third kappa shape index (κ3) is 3.13. The van der Waals surface area contributed by atoms with Crippen molar-refractivity contribution < 1.29 is 0 Å². The third-order valence-corrected chi connectivity index (χ3v) is 3.89. The molecule has 0 saturated heterocycles. The largest absolute Gasteiger partial charge is 0.0654 e. The number of benzene rings is 2. The van der Waals surface area contributed by atoms with Gasteiger partial charge in [0.05, 0.1) is 0 Å². The Labute approximate surface area is 111 Å². The number of rotatable bonds is 6. The minimum Gasteiger partial charge on any atom is -0.0654 e. The number of hydrogen-bond donors (Lipinski definition) is 0. The van der Waals surface area contributed by atoms with Crippen molar-refractivity contribution in [3.63, 3.8) is 0 Å². The molecule has 18 heavy (non-hydrogen) atoms. The lowest BCUT2D eigenvalue weighted by molar-refractivity contribution is 0.554. The Morgan fingerprint density at radius 3 is 2.39 bits per heavy atom. The minimum absolute atomic E-state index is 0.737. The standard InChI is InChI=1S/C18H24/c1-3-5-6-9-15(4-2)18-13-12-16-10-7-8-11-17(16)14-18/h7-8,10-15H,3-6,9H2,1-2H3/t15-/m1/s1. The SMILES string of the molecule is CCCCC[C@@H](CC)c1ccc2ccccc2c1. The van der Waals surface area contributed by atoms with Crippen molar-refractivity contribution in [2.24, 2.45) is 0 Å². The van der Waals surface area contributed by atoms with Crippen LogP contribution in [0.5, 0.6) is 0 Å². The Kier molecular flexibility index (Phi) is 4.81. The molecule has 96 valence electrons. The van der Waals surface area contributed by atoms with Gasteiger partial charge in [0.1, 0.15) is 0 Å². The van der Waals surface area contributed by atoms with Crippen LogP contribution in [0.4, 0.5) is 0 Å². The summed E-state index contributed by atoms with van der Waals surface area (Å²) in [7, 11) is 0. The first-order valence-electron chi connectivity index (χ1n) is 7.33. The number of hydrogen-bond acceptors (Lipinski definition) is 0. The average Bonchev–Trinajstić information content (AvgIpc) is 2.43. The van der Waals surface area contributed by atoms with Crippen LogP contribution < -0.4 is 0 Å². The summed E-state index contributed by atoms with van der Waals surface area (Å²) in [5, 5.41) is 2.73. The summed E-state index contributed by atoms with van der Waals surface area (Å²) in [5.41, 5.74) is 1.52. The fraction of sp³-hybridized carbons (Fsp3) is 0.444. The van der Waals surface area contributed by atoms with E-state index in [1.54, 1.807) is 0 Å². The summed E-state index contributed by atoms with van der Waals surface area (Å²) < 4.78 is 0. The molecule has 0 amide bonds. The van der Waals surface area contributed by atoms with Crippen molar-refractivity contribution in [1.29, 1.82) is 0 Å². The van der Waals surface area contributed by atoms with Crippen molar-refractivity contribution >= 4 is 10.8 Å². The van der Waals surface area contributed by atoms with Crippen molar-refractivity contribution in [2.45, 2.75) is 51.9 Å². The summed E-state index contributed by atoms with van der Waals surface area (Å²) in [5.74, 6) is 0.737. The Morgan fingerprint density at radius 1 is 0.889 bits per heavy atom. The van der Waals surface area contributed by atoms with Crippen LogP contribution in [0.15, 0.2) is 42.5 Å². The lowest BCUT2D eigenvalue weighted by Crippen LogP contribution is -1.97. The molecule has 0 aliphatic carbocycles. The lowest BCUT2D eigenvalue weighted by Gasteiger charge is -2.16. The van der Waals surface area contributed by atoms with Gasteiger partial charge in [0.25, 0.3) is 0 Å². The molecule has 0 radical (unpaired) electrons. The molecule has 2 aromatic rings. The molecule has 0 aliphatic heterocycles. The summed E-state index contributed by atoms with van der Waals surface area (Å²) in [6.07, 6.45) is 6.63. The topological polar surface area (TPSA) is 0 Å². The van der Waals surface area contributed by atoms with Gasteiger partial charge in [-0.2, -0.15) is 0 Å². The molecular formula is C18H24. The van der Waals surface area contributed by atoms with Crippen LogP contribution in [0.3, 0.4) is 0 Å². The van der Waals surface area contributed by atoms with E-state index in [0.29, 0.717) is 0 Å². The zero-order valence-corrected chi connectivity index (χ0v) is 11.7. The lowest BCUT2D eigenvalue weighted by atomic mass is 9.90. The maximum atomic E-state index is 2.38. The van der Waals surface area contributed by atoms with Gasteiger partial charge in [-0.05, 0) is 35.1 Å². The molecule has 0 aromatic heterocycles. The molecule has 0 fully saturated rings. The van der Waals surface area contributed by atoms with E-state index in [0.717, 1.165) is 5.92 Å². The zero-order valence-electron chi connectivity index (χ0n) is 11.7. The Morgan fingerprint density at radius 2 is 1.67 bits per heavy atom. The second kappa shape index (κ2) is 6.58. The molecule has 0 heteroatoms. The van der Waals surface area contributed by atoms with E-state index < -0.39 is 0 Å². The molecule has 2 rings (SSSR count). The summed E-state index contributed by atoms with van der Waals surface area (Å²) in [6.45, 7) is 4.59. The van der Waals surface area contributed by atoms with E-state index in [1.165, 1.54) is 48.4 Å². The average molecular weight is 240 g/mol. The molecule has 0 bridgehead atoms. The molecule has 0 unspecified atom stereocenters. The fourth-order valence-electron chi connectivity index (χ4n) is 2.71. The summed E-state index contributed by atoms with van der Waals surface area (Å²) in [6, 6.07) is 15.6. The van der Waals surface area contributed by atoms with Crippen LogP contribution in [0.25, 0.3) is 10.8 Å². The second-order valence-corrected chi connectivity index (χ2v) is 5.21. The quantitative estimate of drug-likeness (QED) is 0.550. The smallest absolute Gasteiger partial charge is 0.0164 e. The van der Waals surface area contributed by atoms with Crippen LogP contribution >= 0.6 is 0 Å². The zero-order chi connectivity index (χ0) is 12.8. The van der Waals surface area contributed by atoms with Gasteiger partial charge < -0.3 is 0 Å². The van der Waals surface area contributed by atoms with E-state index in [1.807, 2.05) is 0 Å². The van der Waals surface area contributed by atoms with E-state index in [4.69, 9.17) is 0 Å². The molecule has 0 saturated carbocycles. The molecule has 1 atom stereocenters. The highest BCUT2D eigenvalue weighted by Crippen LogP contribution is 2.28. The molecule has 0 nitrogen and oxygen atoms in total. The first-order valence-corrected chi connectivity index (χ1v) is 7.33. The molecule has 0 spiro atoms. The van der Waals surface area contributed by atoms with Crippen molar-refractivity contribution in [3.05, 3.63) is 48.0 Å². The third-order valence-electron chi connectivity index (χ3n) is 3.89. The minimum atomic E-state index is 0.737.